The molecule has 0 unspecified atom stereocenters. The molecule has 3 aromatic heterocycles. The molecule has 0 fully saturated rings. The Morgan fingerprint density at radius 2 is 2.06 bits per heavy atom. The molecule has 14 heteroatoms. The van der Waals surface area contributed by atoms with Gasteiger partial charge in [-0.3, -0.25) is 4.98 Å². The second-order valence-electron chi connectivity index (χ2n) is 6.55. The molecule has 0 bridgehead atoms. The summed E-state index contributed by atoms with van der Waals surface area (Å²) in [6.45, 7) is 1.78. The van der Waals surface area contributed by atoms with Gasteiger partial charge in [0.25, 0.3) is 5.90 Å². The van der Waals surface area contributed by atoms with Gasteiger partial charge in [0.2, 0.25) is 5.82 Å². The number of thioether (sulfide) groups is 1. The number of rotatable bonds is 8. The number of hydrogen-bond acceptors (Lipinski definition) is 9. The zero-order valence-corrected chi connectivity index (χ0v) is 19.5. The van der Waals surface area contributed by atoms with Crippen LogP contribution in [0, 0.1) is 0 Å². The van der Waals surface area contributed by atoms with Crippen molar-refractivity contribution in [2.75, 3.05) is 31.5 Å². The van der Waals surface area contributed by atoms with Crippen LogP contribution in [0.15, 0.2) is 40.6 Å². The topological polar surface area (TPSA) is 108 Å². The Morgan fingerprint density at radius 1 is 1.30 bits per heavy atom. The number of oxime groups is 1. The van der Waals surface area contributed by atoms with E-state index in [9.17, 15) is 21.6 Å². The van der Waals surface area contributed by atoms with Crippen molar-refractivity contribution in [3.05, 3.63) is 41.7 Å². The highest BCUT2D eigenvalue weighted by Crippen LogP contribution is 2.30. The average Bonchev–Trinajstić information content (AvgIpc) is 3.21. The predicted molar refractivity (Wildman–Crippen MR) is 117 cm³/mol. The van der Waals surface area contributed by atoms with E-state index in [-0.39, 0.29) is 39.3 Å². The fraction of sp³-hybridized carbons (Fsp3) is 0.368. The van der Waals surface area contributed by atoms with Crippen LogP contribution >= 0.6 is 11.8 Å². The SMILES string of the molecule is CCS(=O)(=O)c1cc(C(=NOCCSC)OC)cnc1-c1nc2cc(C(F)(F)F)ccn2n1. The van der Waals surface area contributed by atoms with Crippen molar-refractivity contribution in [2.45, 2.75) is 18.0 Å². The molecule has 3 heterocycles. The molecule has 0 aliphatic heterocycles. The first-order valence-corrected chi connectivity index (χ1v) is 12.6. The maximum atomic E-state index is 13.0. The number of halogens is 3. The first kappa shape index (κ1) is 24.8. The number of nitrogens with zero attached hydrogens (tertiary/aromatic N) is 5. The number of hydrogen-bond donors (Lipinski definition) is 0. The van der Waals surface area contributed by atoms with Crippen LogP contribution in [-0.2, 0) is 25.6 Å². The van der Waals surface area contributed by atoms with E-state index in [1.165, 1.54) is 26.3 Å². The standard InChI is InChI=1S/C19H20F3N5O4S2/c1-4-33(28,29)14-9-12(18(30-2)26-31-7-8-32-3)11-23-16(14)17-24-15-10-13(19(20,21)22)5-6-27(15)25-17/h5-6,9-11H,4,7-8H2,1-3H3. The number of aromatic nitrogens is 4. The number of ether oxygens (including phenoxy) is 1. The van der Waals surface area contributed by atoms with Gasteiger partial charge in [-0.25, -0.2) is 17.9 Å². The minimum absolute atomic E-state index is 0.0143. The Bertz CT molecular complexity index is 1280. The summed E-state index contributed by atoms with van der Waals surface area (Å²) in [7, 11) is -2.48. The molecule has 33 heavy (non-hydrogen) atoms. The molecule has 0 saturated heterocycles. The number of methoxy groups -OCH3 is 1. The molecule has 0 amide bonds. The highest BCUT2D eigenvalue weighted by atomic mass is 32.2. The minimum atomic E-state index is -4.56. The van der Waals surface area contributed by atoms with Gasteiger partial charge < -0.3 is 9.57 Å². The van der Waals surface area contributed by atoms with Crippen LogP contribution in [0.4, 0.5) is 13.2 Å². The van der Waals surface area contributed by atoms with E-state index >= 15 is 0 Å². The second kappa shape index (κ2) is 9.95. The smallest absolute Gasteiger partial charge is 0.416 e. The van der Waals surface area contributed by atoms with Crippen LogP contribution in [-0.4, -0.2) is 65.4 Å². The third kappa shape index (κ3) is 5.55. The van der Waals surface area contributed by atoms with Crippen molar-refractivity contribution in [1.29, 1.82) is 0 Å². The lowest BCUT2D eigenvalue weighted by Crippen LogP contribution is -2.12. The summed E-state index contributed by atoms with van der Waals surface area (Å²) in [6, 6.07) is 2.97. The van der Waals surface area contributed by atoms with Gasteiger partial charge >= 0.3 is 6.18 Å². The highest BCUT2D eigenvalue weighted by Gasteiger charge is 2.31. The van der Waals surface area contributed by atoms with Gasteiger partial charge in [-0.05, 0) is 29.6 Å². The molecule has 0 saturated carbocycles. The van der Waals surface area contributed by atoms with Gasteiger partial charge in [0.15, 0.2) is 15.5 Å². The summed E-state index contributed by atoms with van der Waals surface area (Å²) in [4.78, 5) is 13.2. The third-order valence-corrected chi connectivity index (χ3v) is 6.73. The summed E-state index contributed by atoms with van der Waals surface area (Å²) in [5.74, 6) is 0.323. The molecule has 0 aliphatic carbocycles. The molecule has 0 aromatic carbocycles. The summed E-state index contributed by atoms with van der Waals surface area (Å²) in [5.41, 5.74) is -0.870. The van der Waals surface area contributed by atoms with Crippen LogP contribution < -0.4 is 0 Å². The molecule has 3 aromatic rings. The number of fused-ring (bicyclic) bond motifs is 1. The Hall–Kier alpha value is -2.87. The van der Waals surface area contributed by atoms with Crippen molar-refractivity contribution in [1.82, 2.24) is 19.6 Å². The maximum Gasteiger partial charge on any atom is 0.416 e. The molecule has 0 aliphatic rings. The van der Waals surface area contributed by atoms with Crippen molar-refractivity contribution in [3.63, 3.8) is 0 Å². The fourth-order valence-corrected chi connectivity index (χ4v) is 4.01. The molecule has 3 rings (SSSR count). The lowest BCUT2D eigenvalue weighted by atomic mass is 10.2. The quantitative estimate of drug-likeness (QED) is 0.199. The zero-order chi connectivity index (χ0) is 24.2. The van der Waals surface area contributed by atoms with E-state index in [0.717, 1.165) is 22.8 Å². The van der Waals surface area contributed by atoms with Crippen molar-refractivity contribution < 1.29 is 31.2 Å². The van der Waals surface area contributed by atoms with Gasteiger partial charge in [0.1, 0.15) is 12.3 Å². The van der Waals surface area contributed by atoms with Crippen LogP contribution in [0.5, 0.6) is 0 Å². The van der Waals surface area contributed by atoms with Gasteiger partial charge in [-0.1, -0.05) is 6.92 Å². The summed E-state index contributed by atoms with van der Waals surface area (Å²) >= 11 is 1.56. The average molecular weight is 504 g/mol. The first-order valence-electron chi connectivity index (χ1n) is 9.50. The van der Waals surface area contributed by atoms with Crippen LogP contribution in [0.3, 0.4) is 0 Å². The molecule has 178 valence electrons. The lowest BCUT2D eigenvalue weighted by Gasteiger charge is -2.10. The highest BCUT2D eigenvalue weighted by molar-refractivity contribution is 7.98. The number of sulfone groups is 1. The Labute approximate surface area is 191 Å². The third-order valence-electron chi connectivity index (χ3n) is 4.41. The van der Waals surface area contributed by atoms with E-state index in [4.69, 9.17) is 9.57 Å². The van der Waals surface area contributed by atoms with Gasteiger partial charge in [0, 0.05) is 18.1 Å². The summed E-state index contributed by atoms with van der Waals surface area (Å²) < 4.78 is 70.9. The number of alkyl halides is 3. The second-order valence-corrected chi connectivity index (χ2v) is 9.78. The molecule has 0 N–H and O–H groups in total. The largest absolute Gasteiger partial charge is 0.478 e. The van der Waals surface area contributed by atoms with Gasteiger partial charge in [0.05, 0.1) is 28.9 Å². The Kier molecular flexibility index (Phi) is 7.47. The van der Waals surface area contributed by atoms with E-state index in [1.807, 2.05) is 6.26 Å². The molecular weight excluding hydrogens is 483 g/mol. The van der Waals surface area contributed by atoms with Crippen molar-refractivity contribution >= 4 is 33.1 Å². The zero-order valence-electron chi connectivity index (χ0n) is 17.8. The fourth-order valence-electron chi connectivity index (χ4n) is 2.71. The number of pyridine rings is 2. The van der Waals surface area contributed by atoms with Crippen molar-refractivity contribution in [2.24, 2.45) is 5.16 Å². The van der Waals surface area contributed by atoms with E-state index in [0.29, 0.717) is 12.4 Å². The van der Waals surface area contributed by atoms with E-state index in [2.05, 4.69) is 20.2 Å². The Balaban J connectivity index is 2.10. The van der Waals surface area contributed by atoms with Crippen molar-refractivity contribution in [3.8, 4) is 11.5 Å². The summed E-state index contributed by atoms with van der Waals surface area (Å²) in [5, 5.41) is 7.98. The van der Waals surface area contributed by atoms with E-state index < -0.39 is 21.6 Å². The molecule has 0 spiro atoms. The molecule has 9 nitrogen and oxygen atoms in total. The van der Waals surface area contributed by atoms with Crippen LogP contribution in [0.2, 0.25) is 0 Å². The molecule has 0 atom stereocenters. The molecular formula is C19H20F3N5O4S2. The predicted octanol–water partition coefficient (Wildman–Crippen LogP) is 3.29. The van der Waals surface area contributed by atoms with Crippen LogP contribution in [0.25, 0.3) is 17.2 Å². The summed E-state index contributed by atoms with van der Waals surface area (Å²) in [6.07, 6.45) is -0.250. The maximum absolute atomic E-state index is 13.0. The van der Waals surface area contributed by atoms with Gasteiger partial charge in [-0.15, -0.1) is 5.10 Å². The minimum Gasteiger partial charge on any atom is -0.478 e. The lowest BCUT2D eigenvalue weighted by molar-refractivity contribution is -0.137. The Morgan fingerprint density at radius 3 is 2.70 bits per heavy atom. The molecule has 0 radical (unpaired) electrons. The monoisotopic (exact) mass is 503 g/mol. The van der Waals surface area contributed by atoms with Crippen LogP contribution in [0.1, 0.15) is 18.1 Å². The van der Waals surface area contributed by atoms with E-state index in [1.54, 1.807) is 11.8 Å². The first-order chi connectivity index (χ1) is 15.6. The van der Waals surface area contributed by atoms with Gasteiger partial charge in [-0.2, -0.15) is 24.9 Å². The normalized spacial score (nSPS) is 12.8.